The Morgan fingerprint density at radius 1 is 1.22 bits per heavy atom. The largest absolute Gasteiger partial charge is 0.343 e. The summed E-state index contributed by atoms with van der Waals surface area (Å²) in [5.41, 5.74) is 2.78. The molecule has 1 aromatic heterocycles. The van der Waals surface area contributed by atoms with E-state index in [1.54, 1.807) is 36.5 Å². The maximum Gasteiger partial charge on any atom is 0.261 e. The fourth-order valence-corrected chi connectivity index (χ4v) is 4.14. The maximum absolute atomic E-state index is 13.0. The third-order valence-corrected chi connectivity index (χ3v) is 5.39. The quantitative estimate of drug-likeness (QED) is 0.635. The number of amides is 1. The van der Waals surface area contributed by atoms with Gasteiger partial charge in [-0.3, -0.25) is 14.4 Å². The summed E-state index contributed by atoms with van der Waals surface area (Å²) in [4.78, 5) is 37.3. The number of Topliss-reactive ketones (excluding diaryl/α,β-unsaturated/α-hetero) is 1. The number of benzene rings is 2. The molecule has 1 N–H and O–H groups in total. The average Bonchev–Trinajstić information content (AvgIpc) is 2.93. The van der Waals surface area contributed by atoms with Gasteiger partial charge in [-0.1, -0.05) is 28.1 Å². The van der Waals surface area contributed by atoms with Crippen LogP contribution in [0.3, 0.4) is 0 Å². The van der Waals surface area contributed by atoms with Crippen molar-refractivity contribution >= 4 is 44.2 Å². The van der Waals surface area contributed by atoms with E-state index < -0.39 is 5.91 Å². The van der Waals surface area contributed by atoms with Crippen LogP contribution in [-0.2, 0) is 6.42 Å². The van der Waals surface area contributed by atoms with E-state index in [0.717, 1.165) is 22.0 Å². The van der Waals surface area contributed by atoms with E-state index in [2.05, 4.69) is 28.2 Å². The van der Waals surface area contributed by atoms with Crippen LogP contribution in [-0.4, -0.2) is 16.3 Å². The Hall–Kier alpha value is -2.73. The molecule has 2 heterocycles. The molecule has 0 radical (unpaired) electrons. The molecule has 0 unspecified atom stereocenters. The first-order valence-electron chi connectivity index (χ1n) is 8.65. The Balaban J connectivity index is 1.80. The van der Waals surface area contributed by atoms with Gasteiger partial charge in [0.25, 0.3) is 5.91 Å². The molecule has 1 aliphatic heterocycles. The van der Waals surface area contributed by atoms with Crippen molar-refractivity contribution in [2.24, 2.45) is 0 Å². The SMILES string of the molecule is CC(=O)c1cccc(NC(=O)c2cn3c4c(cc(Br)cc4c2=O)C[C@H]3C)c1. The van der Waals surface area contributed by atoms with Crippen LogP contribution in [0.15, 0.2) is 51.9 Å². The molecule has 1 amide bonds. The number of carbonyl (C=O) groups is 2. The van der Waals surface area contributed by atoms with Crippen LogP contribution in [0.1, 0.15) is 46.2 Å². The summed E-state index contributed by atoms with van der Waals surface area (Å²) >= 11 is 3.46. The molecule has 1 atom stereocenters. The van der Waals surface area contributed by atoms with E-state index in [1.165, 1.54) is 6.92 Å². The molecule has 0 aliphatic carbocycles. The lowest BCUT2D eigenvalue weighted by atomic mass is 10.1. The molecule has 3 aromatic rings. The van der Waals surface area contributed by atoms with Crippen LogP contribution < -0.4 is 10.7 Å². The minimum Gasteiger partial charge on any atom is -0.343 e. The third kappa shape index (κ3) is 3.00. The van der Waals surface area contributed by atoms with Crippen molar-refractivity contribution in [3.63, 3.8) is 0 Å². The number of hydrogen-bond acceptors (Lipinski definition) is 3. The van der Waals surface area contributed by atoms with Crippen molar-refractivity contribution < 1.29 is 9.59 Å². The lowest BCUT2D eigenvalue weighted by Crippen LogP contribution is -2.24. The molecule has 0 spiro atoms. The van der Waals surface area contributed by atoms with Crippen molar-refractivity contribution in [2.45, 2.75) is 26.3 Å². The Morgan fingerprint density at radius 2 is 2.00 bits per heavy atom. The van der Waals surface area contributed by atoms with Gasteiger partial charge in [0.2, 0.25) is 5.43 Å². The molecule has 0 bridgehead atoms. The second-order valence-electron chi connectivity index (χ2n) is 6.88. The number of anilines is 1. The zero-order valence-electron chi connectivity index (χ0n) is 14.9. The van der Waals surface area contributed by atoms with E-state index in [0.29, 0.717) is 16.6 Å². The number of carbonyl (C=O) groups excluding carboxylic acids is 2. The minimum absolute atomic E-state index is 0.0868. The van der Waals surface area contributed by atoms with Gasteiger partial charge in [0, 0.05) is 33.3 Å². The molecule has 6 heteroatoms. The van der Waals surface area contributed by atoms with Gasteiger partial charge in [0.15, 0.2) is 5.78 Å². The lowest BCUT2D eigenvalue weighted by molar-refractivity contribution is 0.101. The van der Waals surface area contributed by atoms with E-state index in [9.17, 15) is 14.4 Å². The van der Waals surface area contributed by atoms with Crippen LogP contribution in [0.2, 0.25) is 0 Å². The summed E-state index contributed by atoms with van der Waals surface area (Å²) in [6.07, 6.45) is 2.46. The number of pyridine rings is 1. The van der Waals surface area contributed by atoms with E-state index in [-0.39, 0.29) is 22.8 Å². The Morgan fingerprint density at radius 3 is 2.74 bits per heavy atom. The van der Waals surface area contributed by atoms with Gasteiger partial charge < -0.3 is 9.88 Å². The number of nitrogens with one attached hydrogen (secondary N) is 1. The summed E-state index contributed by atoms with van der Waals surface area (Å²) in [6.45, 7) is 3.53. The first-order chi connectivity index (χ1) is 12.8. The number of nitrogens with zero attached hydrogens (tertiary/aromatic N) is 1. The zero-order chi connectivity index (χ0) is 19.3. The van der Waals surface area contributed by atoms with Crippen LogP contribution >= 0.6 is 15.9 Å². The van der Waals surface area contributed by atoms with Crippen molar-refractivity contribution in [3.8, 4) is 0 Å². The molecule has 0 fully saturated rings. The maximum atomic E-state index is 13.0. The molecule has 5 nitrogen and oxygen atoms in total. The second-order valence-corrected chi connectivity index (χ2v) is 7.80. The number of ketones is 1. The number of aromatic nitrogens is 1. The minimum atomic E-state index is -0.480. The van der Waals surface area contributed by atoms with Crippen molar-refractivity contribution in [2.75, 3.05) is 5.32 Å². The van der Waals surface area contributed by atoms with Crippen LogP contribution in [0.5, 0.6) is 0 Å². The number of rotatable bonds is 3. The van der Waals surface area contributed by atoms with Crippen molar-refractivity contribution in [1.29, 1.82) is 0 Å². The summed E-state index contributed by atoms with van der Waals surface area (Å²) in [5.74, 6) is -0.566. The Kier molecular flexibility index (Phi) is 4.23. The topological polar surface area (TPSA) is 68.2 Å². The second kappa shape index (κ2) is 6.46. The first kappa shape index (κ1) is 17.7. The average molecular weight is 425 g/mol. The van der Waals surface area contributed by atoms with Crippen LogP contribution in [0.4, 0.5) is 5.69 Å². The first-order valence-corrected chi connectivity index (χ1v) is 9.44. The normalized spacial score (nSPS) is 15.1. The standard InChI is InChI=1S/C21H17BrN2O3/c1-11-6-14-7-15(22)9-17-19(14)24(11)10-18(20(17)26)21(27)23-16-5-3-4-13(8-16)12(2)25/h3-5,7-11H,6H2,1-2H3,(H,23,27)/t11-/m1/s1. The molecule has 136 valence electrons. The Bertz CT molecular complexity index is 1180. The van der Waals surface area contributed by atoms with Gasteiger partial charge in [0.05, 0.1) is 5.52 Å². The fourth-order valence-electron chi connectivity index (χ4n) is 3.64. The van der Waals surface area contributed by atoms with Crippen LogP contribution in [0.25, 0.3) is 10.9 Å². The molecular weight excluding hydrogens is 408 g/mol. The number of hydrogen-bond donors (Lipinski definition) is 1. The lowest BCUT2D eigenvalue weighted by Gasteiger charge is -2.13. The number of halogens is 1. The molecular formula is C21H17BrN2O3. The summed E-state index contributed by atoms with van der Waals surface area (Å²) in [6, 6.07) is 10.6. The molecule has 1 aliphatic rings. The van der Waals surface area contributed by atoms with Gasteiger partial charge in [-0.2, -0.15) is 0 Å². The molecule has 0 saturated carbocycles. The summed E-state index contributed by atoms with van der Waals surface area (Å²) < 4.78 is 2.83. The highest BCUT2D eigenvalue weighted by atomic mass is 79.9. The molecule has 4 rings (SSSR count). The molecule has 27 heavy (non-hydrogen) atoms. The highest BCUT2D eigenvalue weighted by molar-refractivity contribution is 9.10. The van der Waals surface area contributed by atoms with Crippen molar-refractivity contribution in [1.82, 2.24) is 4.57 Å². The summed E-state index contributed by atoms with van der Waals surface area (Å²) in [7, 11) is 0. The fraction of sp³-hybridized carbons (Fsp3) is 0.190. The van der Waals surface area contributed by atoms with Crippen molar-refractivity contribution in [3.05, 3.63) is 74.0 Å². The Labute approximate surface area is 164 Å². The van der Waals surface area contributed by atoms with Crippen LogP contribution in [0, 0.1) is 0 Å². The van der Waals surface area contributed by atoms with E-state index in [1.807, 2.05) is 10.6 Å². The highest BCUT2D eigenvalue weighted by Crippen LogP contribution is 2.33. The van der Waals surface area contributed by atoms with E-state index in [4.69, 9.17) is 0 Å². The summed E-state index contributed by atoms with van der Waals surface area (Å²) in [5, 5.41) is 3.28. The van der Waals surface area contributed by atoms with Gasteiger partial charge in [-0.25, -0.2) is 0 Å². The van der Waals surface area contributed by atoms with Gasteiger partial charge in [0.1, 0.15) is 5.56 Å². The van der Waals surface area contributed by atoms with Gasteiger partial charge in [-0.05, 0) is 50.1 Å². The third-order valence-electron chi connectivity index (χ3n) is 4.93. The monoisotopic (exact) mass is 424 g/mol. The highest BCUT2D eigenvalue weighted by Gasteiger charge is 2.25. The molecule has 2 aromatic carbocycles. The van der Waals surface area contributed by atoms with Gasteiger partial charge >= 0.3 is 0 Å². The predicted molar refractivity (Wildman–Crippen MR) is 109 cm³/mol. The zero-order valence-corrected chi connectivity index (χ0v) is 16.5. The van der Waals surface area contributed by atoms with Gasteiger partial charge in [-0.15, -0.1) is 0 Å². The molecule has 0 saturated heterocycles. The predicted octanol–water partition coefficient (Wildman–Crippen LogP) is 4.34. The van der Waals surface area contributed by atoms with E-state index >= 15 is 0 Å². The smallest absolute Gasteiger partial charge is 0.261 e.